The van der Waals surface area contributed by atoms with Crippen LogP contribution in [0.2, 0.25) is 0 Å². The van der Waals surface area contributed by atoms with Crippen molar-refractivity contribution in [3.05, 3.63) is 36.4 Å². The second kappa shape index (κ2) is 8.04. The molecule has 2 aromatic carbocycles. The van der Waals surface area contributed by atoms with Gasteiger partial charge in [-0.15, -0.1) is 10.2 Å². The maximum atomic E-state index is 10.7. The first-order valence-electron chi connectivity index (χ1n) is 6.99. The smallest absolute Gasteiger partial charge is 0.744 e. The topological polar surface area (TPSA) is 216 Å². The molecule has 0 atom stereocenters. The largest absolute Gasteiger partial charge is 2.00 e. The van der Waals surface area contributed by atoms with Gasteiger partial charge in [0.1, 0.15) is 42.3 Å². The molecule has 0 saturated heterocycles. The molecule has 14 nitrogen and oxygen atoms in total. The Kier molecular flexibility index (Phi) is 6.30. The summed E-state index contributed by atoms with van der Waals surface area (Å²) in [7, 11) is -9.19. The minimum Gasteiger partial charge on any atom is -0.744 e. The first-order chi connectivity index (χ1) is 13.0. The Morgan fingerprint density at radius 1 is 0.724 bits per heavy atom. The molecule has 0 amide bonds. The van der Waals surface area contributed by atoms with Crippen LogP contribution in [0.5, 0.6) is 0 Å². The van der Waals surface area contributed by atoms with E-state index in [1.54, 1.807) is 0 Å². The predicted octanol–water partition coefficient (Wildman–Crippen LogP) is -1.24. The van der Waals surface area contributed by atoms with E-state index < -0.39 is 30.0 Å². The first-order valence-corrected chi connectivity index (χ1v) is 9.81. The third-order valence-corrected chi connectivity index (χ3v) is 5.12. The minimum absolute atomic E-state index is 0. The number of fused-ring (bicyclic) bond motifs is 2. The van der Waals surface area contributed by atoms with Crippen LogP contribution < -0.4 is 0 Å². The van der Waals surface area contributed by atoms with Crippen LogP contribution in [0.4, 0.5) is 0 Å². The summed E-state index contributed by atoms with van der Waals surface area (Å²) in [5.74, 6) is 0. The van der Waals surface area contributed by atoms with E-state index in [1.807, 2.05) is 0 Å². The Balaban J connectivity index is 0.000000200. The minimum atomic E-state index is -4.59. The van der Waals surface area contributed by atoms with Crippen LogP contribution in [-0.4, -0.2) is 89.7 Å². The van der Waals surface area contributed by atoms with Crippen molar-refractivity contribution in [1.29, 1.82) is 0 Å². The number of nitrogens with zero attached hydrogens (tertiary/aromatic N) is 6. The fourth-order valence-electron chi connectivity index (χ4n) is 2.22. The van der Waals surface area contributed by atoms with Gasteiger partial charge in [0.05, 0.1) is 9.79 Å². The normalized spacial score (nSPS) is 11.7. The molecular formula is C12H8MgN6O8S2. The van der Waals surface area contributed by atoms with E-state index in [2.05, 4.69) is 20.6 Å². The van der Waals surface area contributed by atoms with E-state index in [4.69, 9.17) is 10.4 Å². The van der Waals surface area contributed by atoms with E-state index in [0.717, 1.165) is 12.1 Å². The van der Waals surface area contributed by atoms with E-state index in [0.29, 0.717) is 9.69 Å². The first kappa shape index (κ1) is 22.7. The maximum Gasteiger partial charge on any atom is 2.00 e. The van der Waals surface area contributed by atoms with Gasteiger partial charge in [-0.3, -0.25) is 0 Å². The molecule has 0 fully saturated rings. The summed E-state index contributed by atoms with van der Waals surface area (Å²) < 4.78 is 64.5. The number of aromatic nitrogens is 6. The van der Waals surface area contributed by atoms with Gasteiger partial charge in [0, 0.05) is 0 Å². The van der Waals surface area contributed by atoms with Crippen molar-refractivity contribution < 1.29 is 36.4 Å². The van der Waals surface area contributed by atoms with E-state index in [-0.39, 0.29) is 45.1 Å². The summed E-state index contributed by atoms with van der Waals surface area (Å²) in [6.45, 7) is 0. The van der Waals surface area contributed by atoms with Crippen LogP contribution in [0.3, 0.4) is 0 Å². The van der Waals surface area contributed by atoms with E-state index in [1.165, 1.54) is 24.3 Å². The van der Waals surface area contributed by atoms with Crippen LogP contribution in [0.25, 0.3) is 22.1 Å². The molecule has 0 aliphatic rings. The van der Waals surface area contributed by atoms with Crippen LogP contribution in [0, 0.1) is 0 Å². The van der Waals surface area contributed by atoms with Gasteiger partial charge in [-0.2, -0.15) is 0 Å². The molecule has 2 N–H and O–H groups in total. The predicted molar refractivity (Wildman–Crippen MR) is 91.1 cm³/mol. The molecule has 4 rings (SSSR count). The Labute approximate surface area is 177 Å². The molecular weight excluding hydrogens is 445 g/mol. The number of benzene rings is 2. The summed E-state index contributed by atoms with van der Waals surface area (Å²) in [6.07, 6.45) is 0. The van der Waals surface area contributed by atoms with E-state index in [9.17, 15) is 25.9 Å². The van der Waals surface area contributed by atoms with Crippen LogP contribution in [-0.2, 0) is 20.2 Å². The molecule has 4 aromatic rings. The van der Waals surface area contributed by atoms with Crippen molar-refractivity contribution in [2.45, 2.75) is 9.79 Å². The summed E-state index contributed by atoms with van der Waals surface area (Å²) in [6, 6.07) is 7.65. The van der Waals surface area contributed by atoms with Gasteiger partial charge in [-0.05, 0) is 34.7 Å². The number of hydrogen-bond donors (Lipinski definition) is 2. The molecule has 0 unspecified atom stereocenters. The number of rotatable bonds is 2. The average molecular weight is 453 g/mol. The summed E-state index contributed by atoms with van der Waals surface area (Å²) >= 11 is 0. The average Bonchev–Trinajstić information content (AvgIpc) is 3.17. The fourth-order valence-corrected chi connectivity index (χ4v) is 3.47. The third kappa shape index (κ3) is 4.54. The van der Waals surface area contributed by atoms with Crippen molar-refractivity contribution in [2.75, 3.05) is 0 Å². The molecule has 0 bridgehead atoms. The molecule has 2 aromatic heterocycles. The molecule has 148 valence electrons. The molecule has 0 spiro atoms. The summed E-state index contributed by atoms with van der Waals surface area (Å²) in [4.78, 5) is -0.167. The standard InChI is InChI=1S/2C6H5N3O4S.Mg/c2*10-9-4-2-1-3-5(14(11,12)13)6(4)7-8-9;/h2*1-3,10H,(H,11,12,13);/q;;+2/p-2. The van der Waals surface area contributed by atoms with Crippen molar-refractivity contribution in [3.63, 3.8) is 0 Å². The van der Waals surface area contributed by atoms with Crippen molar-refractivity contribution >= 4 is 65.4 Å². The zero-order valence-electron chi connectivity index (χ0n) is 14.0. The molecule has 0 radical (unpaired) electrons. The van der Waals surface area contributed by atoms with Crippen molar-refractivity contribution in [1.82, 2.24) is 30.3 Å². The molecule has 17 heteroatoms. The SMILES string of the molecule is O=S(=O)([O-])c1cccc2c1nnn2O.O=S(=O)([O-])c1cccc2c1nnn2O.[Mg+2]. The Bertz CT molecular complexity index is 1290. The monoisotopic (exact) mass is 452 g/mol. The van der Waals surface area contributed by atoms with Gasteiger partial charge >= 0.3 is 23.1 Å². The third-order valence-electron chi connectivity index (χ3n) is 3.38. The van der Waals surface area contributed by atoms with Crippen molar-refractivity contribution in [3.8, 4) is 0 Å². The van der Waals surface area contributed by atoms with Gasteiger partial charge in [0.2, 0.25) is 0 Å². The second-order valence-electron chi connectivity index (χ2n) is 5.11. The second-order valence-corrected chi connectivity index (χ2v) is 7.81. The maximum absolute atomic E-state index is 10.7. The zero-order valence-corrected chi connectivity index (χ0v) is 17.1. The zero-order chi connectivity index (χ0) is 20.7. The van der Waals surface area contributed by atoms with Crippen LogP contribution in [0.15, 0.2) is 46.2 Å². The van der Waals surface area contributed by atoms with Gasteiger partial charge in [-0.25, -0.2) is 16.8 Å². The van der Waals surface area contributed by atoms with Crippen LogP contribution in [0.1, 0.15) is 0 Å². The molecule has 0 saturated carbocycles. The van der Waals surface area contributed by atoms with Crippen LogP contribution >= 0.6 is 0 Å². The Morgan fingerprint density at radius 3 is 1.38 bits per heavy atom. The van der Waals surface area contributed by atoms with E-state index >= 15 is 0 Å². The molecule has 2 heterocycles. The number of hydrogen-bond acceptors (Lipinski definition) is 12. The van der Waals surface area contributed by atoms with Gasteiger partial charge < -0.3 is 19.5 Å². The summed E-state index contributed by atoms with van der Waals surface area (Å²) in [5, 5.41) is 31.2. The Hall–Kier alpha value is -2.57. The Morgan fingerprint density at radius 2 is 1.07 bits per heavy atom. The molecule has 0 aliphatic carbocycles. The van der Waals surface area contributed by atoms with Gasteiger partial charge in [0.25, 0.3) is 0 Å². The van der Waals surface area contributed by atoms with Gasteiger partial charge in [0.15, 0.2) is 0 Å². The van der Waals surface area contributed by atoms with Crippen molar-refractivity contribution in [2.24, 2.45) is 0 Å². The quantitative estimate of drug-likeness (QED) is 0.207. The molecule has 29 heavy (non-hydrogen) atoms. The van der Waals surface area contributed by atoms with Gasteiger partial charge in [-0.1, -0.05) is 21.8 Å². The molecule has 0 aliphatic heterocycles. The fraction of sp³-hybridized carbons (Fsp3) is 0. The summed E-state index contributed by atoms with van der Waals surface area (Å²) in [5.41, 5.74) is -0.126.